The molecule has 1 aliphatic rings. The number of aliphatic hydroxyl groups is 1. The standard InChI is InChI=1S/C11H21NO3/c1-11(2,3)4-5-15-10(14)9-6-8(13)7-12-9/h8-9,12-13H,4-7H2,1-3H3. The van der Waals surface area contributed by atoms with Crippen LogP contribution in [0, 0.1) is 5.41 Å². The molecule has 1 aliphatic heterocycles. The van der Waals surface area contributed by atoms with Crippen molar-refractivity contribution < 1.29 is 14.6 Å². The molecule has 0 bridgehead atoms. The van der Waals surface area contributed by atoms with Crippen molar-refractivity contribution in [1.82, 2.24) is 5.32 Å². The van der Waals surface area contributed by atoms with Gasteiger partial charge in [0.15, 0.2) is 0 Å². The Morgan fingerprint density at radius 2 is 2.20 bits per heavy atom. The van der Waals surface area contributed by atoms with Gasteiger partial charge in [0.1, 0.15) is 6.04 Å². The highest BCUT2D eigenvalue weighted by Crippen LogP contribution is 2.18. The number of hydrogen-bond acceptors (Lipinski definition) is 4. The summed E-state index contributed by atoms with van der Waals surface area (Å²) in [5.74, 6) is -0.240. The lowest BCUT2D eigenvalue weighted by molar-refractivity contribution is -0.146. The van der Waals surface area contributed by atoms with Crippen molar-refractivity contribution in [1.29, 1.82) is 0 Å². The van der Waals surface area contributed by atoms with Gasteiger partial charge in [0, 0.05) is 13.0 Å². The van der Waals surface area contributed by atoms with E-state index in [0.717, 1.165) is 6.42 Å². The van der Waals surface area contributed by atoms with Crippen molar-refractivity contribution >= 4 is 5.97 Å². The first-order valence-corrected chi connectivity index (χ1v) is 5.46. The van der Waals surface area contributed by atoms with Gasteiger partial charge >= 0.3 is 5.97 Å². The van der Waals surface area contributed by atoms with Crippen molar-refractivity contribution in [3.8, 4) is 0 Å². The maximum atomic E-state index is 11.5. The molecule has 1 fully saturated rings. The van der Waals surface area contributed by atoms with Gasteiger partial charge in [-0.3, -0.25) is 4.79 Å². The minimum atomic E-state index is -0.412. The quantitative estimate of drug-likeness (QED) is 0.680. The fourth-order valence-electron chi connectivity index (χ4n) is 1.45. The number of rotatable bonds is 3. The molecule has 0 aromatic carbocycles. The van der Waals surface area contributed by atoms with Gasteiger partial charge < -0.3 is 15.2 Å². The lowest BCUT2D eigenvalue weighted by atomic mass is 9.93. The number of ether oxygens (including phenoxy) is 1. The topological polar surface area (TPSA) is 58.6 Å². The highest BCUT2D eigenvalue weighted by Gasteiger charge is 2.29. The van der Waals surface area contributed by atoms with E-state index in [-0.39, 0.29) is 17.4 Å². The van der Waals surface area contributed by atoms with Crippen molar-refractivity contribution in [2.45, 2.75) is 45.8 Å². The van der Waals surface area contributed by atoms with E-state index < -0.39 is 6.10 Å². The zero-order valence-electron chi connectivity index (χ0n) is 9.75. The summed E-state index contributed by atoms with van der Waals surface area (Å²) in [6, 6.07) is -0.319. The molecule has 0 spiro atoms. The average molecular weight is 215 g/mol. The number of esters is 1. The van der Waals surface area contributed by atoms with Crippen LogP contribution in [-0.4, -0.2) is 36.4 Å². The van der Waals surface area contributed by atoms with Crippen molar-refractivity contribution in [3.05, 3.63) is 0 Å². The van der Waals surface area contributed by atoms with E-state index in [1.807, 2.05) is 0 Å². The van der Waals surface area contributed by atoms with Gasteiger partial charge in [-0.1, -0.05) is 20.8 Å². The summed E-state index contributed by atoms with van der Waals surface area (Å²) in [5, 5.41) is 12.2. The Bertz CT molecular complexity index is 222. The molecule has 4 heteroatoms. The molecular formula is C11H21NO3. The molecule has 0 aromatic rings. The van der Waals surface area contributed by atoms with Gasteiger partial charge in [-0.15, -0.1) is 0 Å². The van der Waals surface area contributed by atoms with E-state index in [1.165, 1.54) is 0 Å². The second-order valence-corrected chi connectivity index (χ2v) is 5.33. The lowest BCUT2D eigenvalue weighted by Crippen LogP contribution is -2.32. The lowest BCUT2D eigenvalue weighted by Gasteiger charge is -2.18. The second-order valence-electron chi connectivity index (χ2n) is 5.33. The molecule has 1 saturated heterocycles. The smallest absolute Gasteiger partial charge is 0.323 e. The van der Waals surface area contributed by atoms with Crippen molar-refractivity contribution in [2.24, 2.45) is 5.41 Å². The molecule has 15 heavy (non-hydrogen) atoms. The SMILES string of the molecule is CC(C)(C)CCOC(=O)C1CC(O)CN1. The van der Waals surface area contributed by atoms with Crippen LogP contribution < -0.4 is 5.32 Å². The third-order valence-electron chi connectivity index (χ3n) is 2.49. The van der Waals surface area contributed by atoms with Crippen LogP contribution in [0.4, 0.5) is 0 Å². The van der Waals surface area contributed by atoms with Gasteiger partial charge in [-0.05, 0) is 11.8 Å². The molecule has 0 radical (unpaired) electrons. The average Bonchev–Trinajstić information content (AvgIpc) is 2.49. The molecule has 2 N–H and O–H groups in total. The van der Waals surface area contributed by atoms with Crippen LogP contribution in [0.3, 0.4) is 0 Å². The van der Waals surface area contributed by atoms with Crippen LogP contribution in [-0.2, 0) is 9.53 Å². The molecule has 0 amide bonds. The summed E-state index contributed by atoms with van der Waals surface area (Å²) < 4.78 is 5.14. The Hall–Kier alpha value is -0.610. The van der Waals surface area contributed by atoms with Gasteiger partial charge in [0.05, 0.1) is 12.7 Å². The molecule has 4 nitrogen and oxygen atoms in total. The van der Waals surface area contributed by atoms with Crippen molar-refractivity contribution in [3.63, 3.8) is 0 Å². The van der Waals surface area contributed by atoms with Gasteiger partial charge in [0.25, 0.3) is 0 Å². The van der Waals surface area contributed by atoms with Crippen LogP contribution in [0.1, 0.15) is 33.6 Å². The van der Waals surface area contributed by atoms with Gasteiger partial charge in [0.2, 0.25) is 0 Å². The highest BCUT2D eigenvalue weighted by atomic mass is 16.5. The maximum absolute atomic E-state index is 11.5. The van der Waals surface area contributed by atoms with E-state index in [1.54, 1.807) is 0 Å². The summed E-state index contributed by atoms with van der Waals surface area (Å²) in [6.45, 7) is 7.27. The molecule has 1 heterocycles. The minimum Gasteiger partial charge on any atom is -0.465 e. The van der Waals surface area contributed by atoms with Gasteiger partial charge in [-0.25, -0.2) is 0 Å². The Morgan fingerprint density at radius 1 is 1.53 bits per heavy atom. The molecule has 88 valence electrons. The Labute approximate surface area is 91.0 Å². The van der Waals surface area contributed by atoms with Crippen LogP contribution in [0.15, 0.2) is 0 Å². The van der Waals surface area contributed by atoms with Crippen LogP contribution in [0.25, 0.3) is 0 Å². The number of nitrogens with one attached hydrogen (secondary N) is 1. The zero-order chi connectivity index (χ0) is 11.5. The molecule has 0 aliphatic carbocycles. The summed E-state index contributed by atoms with van der Waals surface area (Å²) in [4.78, 5) is 11.5. The fourth-order valence-corrected chi connectivity index (χ4v) is 1.45. The van der Waals surface area contributed by atoms with Crippen LogP contribution >= 0.6 is 0 Å². The molecule has 0 aromatic heterocycles. The Morgan fingerprint density at radius 3 is 2.67 bits per heavy atom. The molecule has 1 rings (SSSR count). The first kappa shape index (κ1) is 12.5. The number of hydrogen-bond donors (Lipinski definition) is 2. The predicted octanol–water partition coefficient (Wildman–Crippen LogP) is 0.689. The number of β-amino-alcohol motifs (C(OH)–C–C–N with tert-alkyl or cyclic N) is 1. The number of aliphatic hydroxyl groups excluding tert-OH is 1. The first-order valence-electron chi connectivity index (χ1n) is 5.46. The highest BCUT2D eigenvalue weighted by molar-refractivity contribution is 5.76. The monoisotopic (exact) mass is 215 g/mol. The maximum Gasteiger partial charge on any atom is 0.323 e. The fraction of sp³-hybridized carbons (Fsp3) is 0.909. The van der Waals surface area contributed by atoms with E-state index in [9.17, 15) is 9.90 Å². The largest absolute Gasteiger partial charge is 0.465 e. The predicted molar refractivity (Wildman–Crippen MR) is 57.4 cm³/mol. The summed E-state index contributed by atoms with van der Waals surface area (Å²) in [6.07, 6.45) is 0.910. The third kappa shape index (κ3) is 4.62. The number of carbonyl (C=O) groups is 1. The Balaban J connectivity index is 2.19. The van der Waals surface area contributed by atoms with E-state index in [2.05, 4.69) is 26.1 Å². The number of carbonyl (C=O) groups excluding carboxylic acids is 1. The normalized spacial score (nSPS) is 26.7. The van der Waals surface area contributed by atoms with Crippen LogP contribution in [0.5, 0.6) is 0 Å². The second kappa shape index (κ2) is 4.94. The molecule has 2 unspecified atom stereocenters. The van der Waals surface area contributed by atoms with Gasteiger partial charge in [-0.2, -0.15) is 0 Å². The molecule has 0 saturated carbocycles. The summed E-state index contributed by atoms with van der Waals surface area (Å²) >= 11 is 0. The van der Waals surface area contributed by atoms with E-state index in [4.69, 9.17) is 4.74 Å². The molecular weight excluding hydrogens is 194 g/mol. The first-order chi connectivity index (χ1) is 6.88. The minimum absolute atomic E-state index is 0.183. The van der Waals surface area contributed by atoms with E-state index in [0.29, 0.717) is 19.6 Å². The van der Waals surface area contributed by atoms with Crippen molar-refractivity contribution in [2.75, 3.05) is 13.2 Å². The third-order valence-corrected chi connectivity index (χ3v) is 2.49. The summed E-state index contributed by atoms with van der Waals surface area (Å²) in [5.41, 5.74) is 0.183. The zero-order valence-corrected chi connectivity index (χ0v) is 9.75. The molecule has 2 atom stereocenters. The van der Waals surface area contributed by atoms with Crippen LogP contribution in [0.2, 0.25) is 0 Å². The summed E-state index contributed by atoms with van der Waals surface area (Å²) in [7, 11) is 0. The Kier molecular flexibility index (Phi) is 4.11. The van der Waals surface area contributed by atoms with E-state index >= 15 is 0 Å².